The second kappa shape index (κ2) is 4.34. The van der Waals surface area contributed by atoms with Crippen molar-refractivity contribution in [2.75, 3.05) is 26.2 Å². The van der Waals surface area contributed by atoms with Crippen LogP contribution in [-0.2, 0) is 4.79 Å². The predicted molar refractivity (Wildman–Crippen MR) is 61.7 cm³/mol. The summed E-state index contributed by atoms with van der Waals surface area (Å²) in [5.41, 5.74) is 0. The molecule has 3 rings (SSSR count). The number of amides is 1. The number of carbonyl (C=O) groups excluding carboxylic acids is 1. The SMILES string of the molecule is O=C1CCN(C2CCC2)N1CC1CCNC1. The largest absolute Gasteiger partial charge is 0.316 e. The average Bonchev–Trinajstić information content (AvgIpc) is 2.80. The summed E-state index contributed by atoms with van der Waals surface area (Å²) in [4.78, 5) is 11.9. The first-order valence-corrected chi connectivity index (χ1v) is 6.62. The van der Waals surface area contributed by atoms with Crippen LogP contribution in [0.3, 0.4) is 0 Å². The summed E-state index contributed by atoms with van der Waals surface area (Å²) in [7, 11) is 0. The Morgan fingerprint density at radius 1 is 1.31 bits per heavy atom. The molecule has 1 atom stereocenters. The zero-order valence-corrected chi connectivity index (χ0v) is 9.82. The van der Waals surface area contributed by atoms with E-state index in [9.17, 15) is 4.79 Å². The molecule has 3 aliphatic rings. The lowest BCUT2D eigenvalue weighted by atomic mass is 9.92. The fraction of sp³-hybridized carbons (Fsp3) is 0.917. The summed E-state index contributed by atoms with van der Waals surface area (Å²) < 4.78 is 0. The van der Waals surface area contributed by atoms with Gasteiger partial charge in [0.1, 0.15) is 0 Å². The van der Waals surface area contributed by atoms with E-state index in [0.717, 1.165) is 32.6 Å². The van der Waals surface area contributed by atoms with Crippen molar-refractivity contribution >= 4 is 5.91 Å². The maximum atomic E-state index is 11.9. The Kier molecular flexibility index (Phi) is 2.86. The quantitative estimate of drug-likeness (QED) is 0.761. The van der Waals surface area contributed by atoms with Gasteiger partial charge in [-0.15, -0.1) is 0 Å². The van der Waals surface area contributed by atoms with Crippen LogP contribution >= 0.6 is 0 Å². The third kappa shape index (κ3) is 1.84. The van der Waals surface area contributed by atoms with E-state index in [1.807, 2.05) is 0 Å². The number of nitrogens with one attached hydrogen (secondary N) is 1. The van der Waals surface area contributed by atoms with Crippen LogP contribution in [0, 0.1) is 5.92 Å². The normalized spacial score (nSPS) is 32.4. The van der Waals surface area contributed by atoms with E-state index in [1.165, 1.54) is 25.7 Å². The van der Waals surface area contributed by atoms with E-state index >= 15 is 0 Å². The van der Waals surface area contributed by atoms with Gasteiger partial charge in [0, 0.05) is 25.6 Å². The Morgan fingerprint density at radius 2 is 2.19 bits per heavy atom. The van der Waals surface area contributed by atoms with Crippen LogP contribution in [0.2, 0.25) is 0 Å². The molecular weight excluding hydrogens is 202 g/mol. The Hall–Kier alpha value is -0.610. The molecule has 2 saturated heterocycles. The Morgan fingerprint density at radius 3 is 2.81 bits per heavy atom. The van der Waals surface area contributed by atoms with Crippen molar-refractivity contribution < 1.29 is 4.79 Å². The summed E-state index contributed by atoms with van der Waals surface area (Å²) >= 11 is 0. The van der Waals surface area contributed by atoms with E-state index < -0.39 is 0 Å². The lowest BCUT2D eigenvalue weighted by molar-refractivity contribution is -0.144. The van der Waals surface area contributed by atoms with Crippen LogP contribution in [0.15, 0.2) is 0 Å². The van der Waals surface area contributed by atoms with Crippen molar-refractivity contribution in [1.82, 2.24) is 15.3 Å². The molecule has 16 heavy (non-hydrogen) atoms. The van der Waals surface area contributed by atoms with Crippen LogP contribution in [0.4, 0.5) is 0 Å². The number of hydrogen-bond donors (Lipinski definition) is 1. The lowest BCUT2D eigenvalue weighted by Gasteiger charge is -2.40. The molecule has 1 amide bonds. The molecule has 0 spiro atoms. The van der Waals surface area contributed by atoms with E-state index in [0.29, 0.717) is 17.9 Å². The van der Waals surface area contributed by atoms with Gasteiger partial charge in [0.2, 0.25) is 5.91 Å². The maximum absolute atomic E-state index is 11.9. The fourth-order valence-corrected chi connectivity index (χ4v) is 2.99. The molecule has 90 valence electrons. The number of hydrazine groups is 1. The van der Waals surface area contributed by atoms with Crippen molar-refractivity contribution in [2.45, 2.75) is 38.1 Å². The molecule has 4 nitrogen and oxygen atoms in total. The topological polar surface area (TPSA) is 35.6 Å². The minimum Gasteiger partial charge on any atom is -0.316 e. The highest BCUT2D eigenvalue weighted by Gasteiger charge is 2.37. The summed E-state index contributed by atoms with van der Waals surface area (Å²) in [6.07, 6.45) is 5.87. The number of rotatable bonds is 3. The first-order valence-electron chi connectivity index (χ1n) is 6.62. The molecule has 0 radical (unpaired) electrons. The van der Waals surface area contributed by atoms with Gasteiger partial charge in [0.25, 0.3) is 0 Å². The monoisotopic (exact) mass is 223 g/mol. The molecule has 4 heteroatoms. The Bertz CT molecular complexity index is 271. The van der Waals surface area contributed by atoms with Gasteiger partial charge in [0.05, 0.1) is 0 Å². The zero-order valence-electron chi connectivity index (χ0n) is 9.82. The Balaban J connectivity index is 1.62. The van der Waals surface area contributed by atoms with Crippen molar-refractivity contribution in [1.29, 1.82) is 0 Å². The predicted octanol–water partition coefficient (Wildman–Crippen LogP) is 0.598. The molecule has 2 aliphatic heterocycles. The summed E-state index contributed by atoms with van der Waals surface area (Å²) in [6.45, 7) is 4.12. The highest BCUT2D eigenvalue weighted by molar-refractivity contribution is 5.77. The Labute approximate surface area is 96.9 Å². The first-order chi connectivity index (χ1) is 7.84. The summed E-state index contributed by atoms with van der Waals surface area (Å²) in [5.74, 6) is 1.02. The average molecular weight is 223 g/mol. The molecule has 0 aromatic carbocycles. The first kappa shape index (κ1) is 10.5. The number of hydrogen-bond acceptors (Lipinski definition) is 3. The molecule has 1 N–H and O–H groups in total. The number of nitrogens with zero attached hydrogens (tertiary/aromatic N) is 2. The van der Waals surface area contributed by atoms with Crippen molar-refractivity contribution in [3.8, 4) is 0 Å². The highest BCUT2D eigenvalue weighted by Crippen LogP contribution is 2.30. The molecule has 2 heterocycles. The molecule has 0 aromatic heterocycles. The van der Waals surface area contributed by atoms with Gasteiger partial charge in [-0.3, -0.25) is 9.80 Å². The third-order valence-electron chi connectivity index (χ3n) is 4.24. The standard InChI is InChI=1S/C12H21N3O/c16-12-5-7-14(11-2-1-3-11)15(12)9-10-4-6-13-8-10/h10-11,13H,1-9H2. The van der Waals surface area contributed by atoms with Crippen LogP contribution < -0.4 is 5.32 Å². The van der Waals surface area contributed by atoms with E-state index in [4.69, 9.17) is 0 Å². The third-order valence-corrected chi connectivity index (χ3v) is 4.24. The van der Waals surface area contributed by atoms with Gasteiger partial charge in [-0.05, 0) is 38.3 Å². The second-order valence-corrected chi connectivity index (χ2v) is 5.33. The van der Waals surface area contributed by atoms with Crippen molar-refractivity contribution in [3.05, 3.63) is 0 Å². The van der Waals surface area contributed by atoms with Crippen LogP contribution in [0.1, 0.15) is 32.1 Å². The molecule has 3 fully saturated rings. The van der Waals surface area contributed by atoms with Crippen LogP contribution in [0.25, 0.3) is 0 Å². The fourth-order valence-electron chi connectivity index (χ4n) is 2.99. The minimum absolute atomic E-state index is 0.346. The van der Waals surface area contributed by atoms with E-state index in [2.05, 4.69) is 15.3 Å². The molecule has 1 aliphatic carbocycles. The molecular formula is C12H21N3O. The lowest BCUT2D eigenvalue weighted by Crippen LogP contribution is -2.50. The van der Waals surface area contributed by atoms with Crippen LogP contribution in [0.5, 0.6) is 0 Å². The minimum atomic E-state index is 0.346. The molecule has 0 bridgehead atoms. The maximum Gasteiger partial charge on any atom is 0.238 e. The van der Waals surface area contributed by atoms with Gasteiger partial charge in [0.15, 0.2) is 0 Å². The van der Waals surface area contributed by atoms with Gasteiger partial charge in [-0.25, -0.2) is 5.01 Å². The smallest absolute Gasteiger partial charge is 0.238 e. The summed E-state index contributed by atoms with van der Waals surface area (Å²) in [6, 6.07) is 0.667. The highest BCUT2D eigenvalue weighted by atomic mass is 16.2. The summed E-state index contributed by atoms with van der Waals surface area (Å²) in [5, 5.41) is 7.79. The zero-order chi connectivity index (χ0) is 11.0. The second-order valence-electron chi connectivity index (χ2n) is 5.33. The number of carbonyl (C=O) groups is 1. The van der Waals surface area contributed by atoms with Gasteiger partial charge < -0.3 is 5.32 Å². The van der Waals surface area contributed by atoms with E-state index in [1.54, 1.807) is 0 Å². The van der Waals surface area contributed by atoms with Gasteiger partial charge in [-0.1, -0.05) is 6.42 Å². The molecule has 0 aromatic rings. The van der Waals surface area contributed by atoms with Crippen molar-refractivity contribution in [3.63, 3.8) is 0 Å². The molecule has 1 saturated carbocycles. The van der Waals surface area contributed by atoms with Crippen LogP contribution in [-0.4, -0.2) is 48.1 Å². The van der Waals surface area contributed by atoms with Gasteiger partial charge in [-0.2, -0.15) is 0 Å². The molecule has 1 unspecified atom stereocenters. The van der Waals surface area contributed by atoms with Gasteiger partial charge >= 0.3 is 0 Å². The van der Waals surface area contributed by atoms with E-state index in [-0.39, 0.29) is 0 Å². The van der Waals surface area contributed by atoms with Crippen molar-refractivity contribution in [2.24, 2.45) is 5.92 Å².